The summed E-state index contributed by atoms with van der Waals surface area (Å²) in [6, 6.07) is 10.8. The summed E-state index contributed by atoms with van der Waals surface area (Å²) in [5.74, 6) is 0.0332. The number of nitrogens with one attached hydrogen (secondary N) is 1. The summed E-state index contributed by atoms with van der Waals surface area (Å²) in [6.07, 6.45) is 0. The fourth-order valence-electron chi connectivity index (χ4n) is 3.32. The maximum Gasteiger partial charge on any atom is 0.251 e. The van der Waals surface area contributed by atoms with Crippen LogP contribution in [0.4, 0.5) is 4.39 Å². The Balaban J connectivity index is 1.57. The van der Waals surface area contributed by atoms with Crippen molar-refractivity contribution >= 4 is 33.1 Å². The summed E-state index contributed by atoms with van der Waals surface area (Å²) in [6.45, 7) is -0.300. The van der Waals surface area contributed by atoms with E-state index >= 15 is 0 Å². The van der Waals surface area contributed by atoms with Crippen molar-refractivity contribution in [2.75, 3.05) is 27.9 Å². The first-order valence-electron chi connectivity index (χ1n) is 10.1. The van der Waals surface area contributed by atoms with E-state index in [0.29, 0.717) is 32.7 Å². The van der Waals surface area contributed by atoms with Crippen LogP contribution in [0.1, 0.15) is 20.8 Å². The molecule has 4 aromatic rings. The van der Waals surface area contributed by atoms with Gasteiger partial charge in [-0.3, -0.25) is 9.59 Å². The first-order valence-corrected chi connectivity index (χ1v) is 11.0. The molecule has 0 atom stereocenters. The minimum Gasteiger partial charge on any atom is -0.493 e. The van der Waals surface area contributed by atoms with Crippen molar-refractivity contribution in [3.8, 4) is 28.8 Å². The molecule has 0 spiro atoms. The number of hydrogen-bond acceptors (Lipinski definition) is 8. The zero-order valence-corrected chi connectivity index (χ0v) is 19.4. The van der Waals surface area contributed by atoms with E-state index < -0.39 is 11.7 Å². The van der Waals surface area contributed by atoms with Crippen molar-refractivity contribution in [3.05, 3.63) is 64.9 Å². The number of amides is 1. The van der Waals surface area contributed by atoms with Crippen LogP contribution in [0.2, 0.25) is 0 Å². The molecule has 1 amide bonds. The highest BCUT2D eigenvalue weighted by atomic mass is 32.1. The first-order chi connectivity index (χ1) is 16.4. The predicted octanol–water partition coefficient (Wildman–Crippen LogP) is 4.14. The maximum atomic E-state index is 14.1. The van der Waals surface area contributed by atoms with Gasteiger partial charge >= 0.3 is 0 Å². The second-order valence-electron chi connectivity index (χ2n) is 7.06. The molecule has 0 saturated heterocycles. The van der Waals surface area contributed by atoms with Crippen LogP contribution in [0.5, 0.6) is 17.4 Å². The van der Waals surface area contributed by atoms with E-state index in [1.54, 1.807) is 29.6 Å². The van der Waals surface area contributed by atoms with E-state index in [1.807, 2.05) is 0 Å². The second-order valence-corrected chi connectivity index (χ2v) is 7.94. The molecule has 2 heterocycles. The summed E-state index contributed by atoms with van der Waals surface area (Å²) in [5.41, 5.74) is 0.949. The van der Waals surface area contributed by atoms with E-state index in [1.165, 1.54) is 50.9 Å². The molecular formula is C24H20FN3O5S. The Labute approximate surface area is 198 Å². The molecule has 0 fully saturated rings. The third-order valence-corrected chi connectivity index (χ3v) is 6.05. The normalized spacial score (nSPS) is 10.7. The topological polar surface area (TPSA) is 99.6 Å². The molecule has 2 aromatic heterocycles. The van der Waals surface area contributed by atoms with Crippen molar-refractivity contribution in [1.82, 2.24) is 15.3 Å². The highest BCUT2D eigenvalue weighted by Gasteiger charge is 2.18. The molecule has 0 aliphatic carbocycles. The molecule has 1 N–H and O–H groups in total. The summed E-state index contributed by atoms with van der Waals surface area (Å²) in [7, 11) is 4.38. The monoisotopic (exact) mass is 481 g/mol. The van der Waals surface area contributed by atoms with Crippen LogP contribution in [-0.2, 0) is 0 Å². The molecule has 8 nitrogen and oxygen atoms in total. The van der Waals surface area contributed by atoms with Gasteiger partial charge in [0.2, 0.25) is 11.7 Å². The highest BCUT2D eigenvalue weighted by Crippen LogP contribution is 2.34. The molecule has 2 aromatic carbocycles. The quantitative estimate of drug-likeness (QED) is 0.378. The number of rotatable bonds is 8. The summed E-state index contributed by atoms with van der Waals surface area (Å²) in [4.78, 5) is 34.1. The zero-order valence-electron chi connectivity index (χ0n) is 18.5. The number of nitrogens with zero attached hydrogens (tertiary/aromatic N) is 2. The van der Waals surface area contributed by atoms with Crippen LogP contribution in [0.15, 0.2) is 47.8 Å². The number of ketones is 1. The molecule has 0 aliphatic rings. The van der Waals surface area contributed by atoms with Crippen molar-refractivity contribution in [2.45, 2.75) is 0 Å². The molecule has 10 heteroatoms. The lowest BCUT2D eigenvalue weighted by molar-refractivity contribution is 0.0902. The Hall–Kier alpha value is -4.05. The summed E-state index contributed by atoms with van der Waals surface area (Å²) < 4.78 is 30.2. The molecule has 174 valence electrons. The van der Waals surface area contributed by atoms with Gasteiger partial charge < -0.3 is 19.5 Å². The number of halogens is 1. The Bertz CT molecular complexity index is 1390. The number of benzene rings is 2. The number of hydrogen-bond donors (Lipinski definition) is 1. The lowest BCUT2D eigenvalue weighted by atomic mass is 10.1. The van der Waals surface area contributed by atoms with Gasteiger partial charge in [0.05, 0.1) is 32.6 Å². The number of carbonyl (C=O) groups excluding carboxylic acids is 2. The molecule has 0 saturated carbocycles. The molecule has 34 heavy (non-hydrogen) atoms. The average Bonchev–Trinajstić information content (AvgIpc) is 3.31. The Kier molecular flexibility index (Phi) is 6.69. The third-order valence-electron chi connectivity index (χ3n) is 5.05. The van der Waals surface area contributed by atoms with Crippen LogP contribution in [0, 0.1) is 5.82 Å². The second kappa shape index (κ2) is 9.84. The van der Waals surface area contributed by atoms with E-state index in [9.17, 15) is 14.0 Å². The van der Waals surface area contributed by atoms with Gasteiger partial charge in [-0.25, -0.2) is 9.37 Å². The lowest BCUT2D eigenvalue weighted by Gasteiger charge is -2.10. The van der Waals surface area contributed by atoms with Crippen molar-refractivity contribution in [2.24, 2.45) is 0 Å². The van der Waals surface area contributed by atoms with Crippen LogP contribution in [-0.4, -0.2) is 49.5 Å². The molecule has 0 bridgehead atoms. The number of Topliss-reactive ketones (excluding diaryl/α,β-unsaturated/α-hetero) is 1. The number of ether oxygens (including phenoxy) is 3. The molecule has 0 radical (unpaired) electrons. The van der Waals surface area contributed by atoms with Gasteiger partial charge in [0.25, 0.3) is 5.91 Å². The maximum absolute atomic E-state index is 14.1. The summed E-state index contributed by atoms with van der Waals surface area (Å²) in [5, 5.41) is 4.95. The number of fused-ring (bicyclic) bond motifs is 1. The van der Waals surface area contributed by atoms with Gasteiger partial charge in [-0.05, 0) is 24.3 Å². The molecular weight excluding hydrogens is 461 g/mol. The van der Waals surface area contributed by atoms with Crippen LogP contribution < -0.4 is 19.5 Å². The number of aromatic nitrogens is 2. The fraction of sp³-hybridized carbons (Fsp3) is 0.167. The minimum atomic E-state index is -0.463. The van der Waals surface area contributed by atoms with Gasteiger partial charge in [0, 0.05) is 28.0 Å². The van der Waals surface area contributed by atoms with E-state index in [0.717, 1.165) is 0 Å². The largest absolute Gasteiger partial charge is 0.493 e. The zero-order chi connectivity index (χ0) is 24.2. The lowest BCUT2D eigenvalue weighted by Crippen LogP contribution is -2.30. The van der Waals surface area contributed by atoms with Crippen molar-refractivity contribution in [1.29, 1.82) is 0 Å². The first kappa shape index (κ1) is 23.1. The van der Waals surface area contributed by atoms with Gasteiger partial charge in [-0.1, -0.05) is 12.1 Å². The van der Waals surface area contributed by atoms with Crippen molar-refractivity contribution in [3.63, 3.8) is 0 Å². The number of methoxy groups -OCH3 is 3. The van der Waals surface area contributed by atoms with Gasteiger partial charge in [-0.15, -0.1) is 11.3 Å². The van der Waals surface area contributed by atoms with Crippen LogP contribution in [0.25, 0.3) is 21.5 Å². The predicted molar refractivity (Wildman–Crippen MR) is 126 cm³/mol. The molecule has 0 unspecified atom stereocenters. The summed E-state index contributed by atoms with van der Waals surface area (Å²) >= 11 is 1.22. The Morgan fingerprint density at radius 1 is 1.00 bits per heavy atom. The fourth-order valence-corrected chi connectivity index (χ4v) is 4.27. The Morgan fingerprint density at radius 3 is 2.53 bits per heavy atom. The van der Waals surface area contributed by atoms with Gasteiger partial charge in [0.15, 0.2) is 17.3 Å². The van der Waals surface area contributed by atoms with E-state index in [2.05, 4.69) is 15.3 Å². The van der Waals surface area contributed by atoms with Crippen LogP contribution in [0.3, 0.4) is 0 Å². The van der Waals surface area contributed by atoms with Crippen molar-refractivity contribution < 1.29 is 28.2 Å². The molecule has 4 rings (SSSR count). The van der Waals surface area contributed by atoms with Gasteiger partial charge in [-0.2, -0.15) is 4.98 Å². The van der Waals surface area contributed by atoms with E-state index in [-0.39, 0.29) is 29.8 Å². The Morgan fingerprint density at radius 2 is 1.79 bits per heavy atom. The SMILES string of the molecule is COc1cc(C(=O)CNC(=O)c2ccc(OC)c(OC)c2)nc(-c2csc3c(F)cccc23)n1. The highest BCUT2D eigenvalue weighted by molar-refractivity contribution is 7.17. The standard InChI is InChI=1S/C24H20FN3O5S/c1-31-19-8-7-13(9-20(19)32-2)24(30)26-11-18(29)17-10-21(33-3)28-23(27-17)15-12-34-22-14(15)5-4-6-16(22)25/h4-10,12H,11H2,1-3H3,(H,26,30). The van der Waals surface area contributed by atoms with Gasteiger partial charge in [0.1, 0.15) is 11.5 Å². The number of thiophene rings is 1. The minimum absolute atomic E-state index is 0.0604. The third kappa shape index (κ3) is 4.53. The molecule has 0 aliphatic heterocycles. The average molecular weight is 482 g/mol. The number of carbonyl (C=O) groups is 2. The van der Waals surface area contributed by atoms with E-state index in [4.69, 9.17) is 14.2 Å². The van der Waals surface area contributed by atoms with Crippen LogP contribution >= 0.6 is 11.3 Å². The smallest absolute Gasteiger partial charge is 0.251 e.